The molecule has 0 bridgehead atoms. The van der Waals surface area contributed by atoms with Crippen LogP contribution in [-0.4, -0.2) is 22.3 Å². The molecule has 0 atom stereocenters. The van der Waals surface area contributed by atoms with Crippen LogP contribution in [0.4, 0.5) is 4.79 Å². The summed E-state index contributed by atoms with van der Waals surface area (Å²) in [5.41, 5.74) is -0.553. The van der Waals surface area contributed by atoms with Gasteiger partial charge in [0.05, 0.1) is 0 Å². The first-order chi connectivity index (χ1) is 4.04. The van der Waals surface area contributed by atoms with Gasteiger partial charge in [0.1, 0.15) is 5.70 Å². The molecule has 0 radical (unpaired) electrons. The van der Waals surface area contributed by atoms with E-state index in [0.717, 1.165) is 0 Å². The molecule has 0 aromatic heterocycles. The van der Waals surface area contributed by atoms with Crippen molar-refractivity contribution in [2.75, 3.05) is 0 Å². The molecule has 5 heteroatoms. The maximum absolute atomic E-state index is 9.81. The Morgan fingerprint density at radius 2 is 1.78 bits per heavy atom. The van der Waals surface area contributed by atoms with E-state index in [1.165, 1.54) is 0 Å². The molecule has 0 saturated carbocycles. The molecule has 50 valence electrons. The van der Waals surface area contributed by atoms with Gasteiger partial charge in [0.15, 0.2) is 0 Å². The number of rotatable bonds is 2. The van der Waals surface area contributed by atoms with Crippen LogP contribution >= 0.6 is 0 Å². The molecule has 3 N–H and O–H groups in total. The average molecular weight is 131 g/mol. The van der Waals surface area contributed by atoms with Gasteiger partial charge in [-0.3, -0.25) is 5.32 Å². The van der Waals surface area contributed by atoms with E-state index in [4.69, 9.17) is 10.2 Å². The number of hydrogen-bond acceptors (Lipinski definition) is 2. The van der Waals surface area contributed by atoms with Crippen molar-refractivity contribution in [2.24, 2.45) is 0 Å². The van der Waals surface area contributed by atoms with E-state index in [0.29, 0.717) is 0 Å². The highest BCUT2D eigenvalue weighted by molar-refractivity contribution is 5.89. The molecule has 0 spiro atoms. The molecular formula is C4H5NO4. The van der Waals surface area contributed by atoms with Gasteiger partial charge in [-0.15, -0.1) is 0 Å². The van der Waals surface area contributed by atoms with E-state index in [2.05, 4.69) is 6.58 Å². The topological polar surface area (TPSA) is 86.6 Å². The van der Waals surface area contributed by atoms with Crippen LogP contribution in [0, 0.1) is 0 Å². The van der Waals surface area contributed by atoms with Crippen molar-refractivity contribution in [3.05, 3.63) is 12.3 Å². The number of nitrogens with one attached hydrogen (secondary N) is 1. The number of hydrogen-bond donors (Lipinski definition) is 3. The Morgan fingerprint density at radius 3 is 1.89 bits per heavy atom. The lowest BCUT2D eigenvalue weighted by atomic mass is 10.5. The third-order valence-electron chi connectivity index (χ3n) is 0.516. The van der Waals surface area contributed by atoms with Gasteiger partial charge in [0.25, 0.3) is 0 Å². The number of amides is 1. The monoisotopic (exact) mass is 131 g/mol. The van der Waals surface area contributed by atoms with Gasteiger partial charge in [0.2, 0.25) is 0 Å². The van der Waals surface area contributed by atoms with E-state index in [-0.39, 0.29) is 0 Å². The quantitative estimate of drug-likeness (QED) is 0.455. The van der Waals surface area contributed by atoms with Crippen LogP contribution in [0.15, 0.2) is 12.3 Å². The molecule has 0 heterocycles. The molecule has 0 saturated heterocycles. The fourth-order valence-corrected chi connectivity index (χ4v) is 0.183. The van der Waals surface area contributed by atoms with Crippen LogP contribution in [-0.2, 0) is 4.79 Å². The molecule has 9 heavy (non-hydrogen) atoms. The Hall–Kier alpha value is -1.52. The van der Waals surface area contributed by atoms with Crippen LogP contribution in [0.25, 0.3) is 0 Å². The third kappa shape index (κ3) is 3.10. The second-order valence-corrected chi connectivity index (χ2v) is 1.21. The molecule has 5 nitrogen and oxygen atoms in total. The zero-order chi connectivity index (χ0) is 7.44. The molecule has 1 amide bonds. The van der Waals surface area contributed by atoms with E-state index in [9.17, 15) is 9.59 Å². The first kappa shape index (κ1) is 7.48. The minimum absolute atomic E-state index is 0.553. The van der Waals surface area contributed by atoms with Crippen molar-refractivity contribution in [1.29, 1.82) is 0 Å². The highest BCUT2D eigenvalue weighted by Gasteiger charge is 2.04. The van der Waals surface area contributed by atoms with Gasteiger partial charge in [-0.1, -0.05) is 6.58 Å². The number of carboxylic acid groups (broad SMARTS) is 2. The van der Waals surface area contributed by atoms with E-state index < -0.39 is 17.8 Å². The molecular weight excluding hydrogens is 126 g/mol. The van der Waals surface area contributed by atoms with Gasteiger partial charge in [-0.05, 0) is 0 Å². The maximum Gasteiger partial charge on any atom is 0.409 e. The molecule has 0 aromatic carbocycles. The summed E-state index contributed by atoms with van der Waals surface area (Å²) in [4.78, 5) is 19.5. The Balaban J connectivity index is 3.79. The zero-order valence-electron chi connectivity index (χ0n) is 4.42. The van der Waals surface area contributed by atoms with Crippen LogP contribution in [0.3, 0.4) is 0 Å². The normalized spacial score (nSPS) is 8.00. The predicted octanol–water partition coefficient (Wildman–Crippen LogP) is -0.148. The lowest BCUT2D eigenvalue weighted by Crippen LogP contribution is -2.24. The van der Waals surface area contributed by atoms with Gasteiger partial charge in [-0.2, -0.15) is 0 Å². The molecule has 0 aromatic rings. The van der Waals surface area contributed by atoms with Crippen molar-refractivity contribution in [3.8, 4) is 0 Å². The molecule has 0 aliphatic rings. The fraction of sp³-hybridized carbons (Fsp3) is 0. The molecule has 0 unspecified atom stereocenters. The van der Waals surface area contributed by atoms with Crippen LogP contribution in [0.1, 0.15) is 0 Å². The summed E-state index contributed by atoms with van der Waals surface area (Å²) in [6.07, 6.45) is -1.43. The minimum Gasteiger partial charge on any atom is -0.477 e. The molecule has 0 aliphatic carbocycles. The van der Waals surface area contributed by atoms with E-state index in [1.807, 2.05) is 0 Å². The van der Waals surface area contributed by atoms with Crippen LogP contribution in [0.5, 0.6) is 0 Å². The van der Waals surface area contributed by atoms with Crippen molar-refractivity contribution in [3.63, 3.8) is 0 Å². The summed E-state index contributed by atoms with van der Waals surface area (Å²) < 4.78 is 0. The Kier molecular flexibility index (Phi) is 2.25. The second kappa shape index (κ2) is 2.71. The lowest BCUT2D eigenvalue weighted by molar-refractivity contribution is -0.133. The van der Waals surface area contributed by atoms with Crippen LogP contribution in [0.2, 0.25) is 0 Å². The number of carboxylic acids is 1. The van der Waals surface area contributed by atoms with Crippen molar-refractivity contribution in [2.45, 2.75) is 0 Å². The Morgan fingerprint density at radius 1 is 1.33 bits per heavy atom. The van der Waals surface area contributed by atoms with Crippen molar-refractivity contribution < 1.29 is 19.8 Å². The molecule has 0 aliphatic heterocycles. The Labute approximate surface area is 50.6 Å². The predicted molar refractivity (Wildman–Crippen MR) is 27.9 cm³/mol. The van der Waals surface area contributed by atoms with E-state index >= 15 is 0 Å². The zero-order valence-corrected chi connectivity index (χ0v) is 4.42. The Bertz CT molecular complexity index is 162. The van der Waals surface area contributed by atoms with E-state index in [1.54, 1.807) is 5.32 Å². The fourth-order valence-electron chi connectivity index (χ4n) is 0.183. The van der Waals surface area contributed by atoms with Gasteiger partial charge in [-0.25, -0.2) is 9.59 Å². The minimum atomic E-state index is -1.43. The number of aliphatic carboxylic acids is 1. The maximum atomic E-state index is 9.81. The average Bonchev–Trinajstić information content (AvgIpc) is 1.63. The summed E-state index contributed by atoms with van der Waals surface area (Å²) in [7, 11) is 0. The van der Waals surface area contributed by atoms with Crippen LogP contribution < -0.4 is 5.32 Å². The standard InChI is InChI=1S/C4H5NO4/c1-2(3(6)7)5-4(8)9/h5H,1H2,(H,6,7)(H,8,9). The number of carbonyl (C=O) groups is 2. The smallest absolute Gasteiger partial charge is 0.409 e. The highest BCUT2D eigenvalue weighted by atomic mass is 16.4. The first-order valence-corrected chi connectivity index (χ1v) is 1.96. The van der Waals surface area contributed by atoms with Crippen molar-refractivity contribution >= 4 is 12.1 Å². The summed E-state index contributed by atoms with van der Waals surface area (Å²) >= 11 is 0. The first-order valence-electron chi connectivity index (χ1n) is 1.96. The third-order valence-corrected chi connectivity index (χ3v) is 0.516. The highest BCUT2D eigenvalue weighted by Crippen LogP contribution is 1.80. The van der Waals surface area contributed by atoms with Gasteiger partial charge in [0, 0.05) is 0 Å². The summed E-state index contributed by atoms with van der Waals surface area (Å²) in [6, 6.07) is 0. The second-order valence-electron chi connectivity index (χ2n) is 1.21. The van der Waals surface area contributed by atoms with Gasteiger partial charge >= 0.3 is 12.1 Å². The summed E-state index contributed by atoms with van der Waals surface area (Å²) in [5.74, 6) is -1.38. The summed E-state index contributed by atoms with van der Waals surface area (Å²) in [6.45, 7) is 2.90. The SMILES string of the molecule is C=C(NC(=O)O)C(=O)O. The van der Waals surface area contributed by atoms with Gasteiger partial charge < -0.3 is 10.2 Å². The summed E-state index contributed by atoms with van der Waals surface area (Å²) in [5, 5.41) is 17.5. The lowest BCUT2D eigenvalue weighted by Gasteiger charge is -1.95. The molecule has 0 fully saturated rings. The van der Waals surface area contributed by atoms with Crippen molar-refractivity contribution in [1.82, 2.24) is 5.32 Å². The largest absolute Gasteiger partial charge is 0.477 e. The molecule has 0 rings (SSSR count).